The number of anilines is 1. The molecule has 9 heteroatoms. The first-order chi connectivity index (χ1) is 10.8. The summed E-state index contributed by atoms with van der Waals surface area (Å²) in [5, 5.41) is 7.31. The number of pyridine rings is 1. The molecule has 2 aromatic rings. The Kier molecular flexibility index (Phi) is 3.99. The van der Waals surface area contributed by atoms with Gasteiger partial charge in [-0.3, -0.25) is 0 Å². The zero-order chi connectivity index (χ0) is 16.6. The van der Waals surface area contributed by atoms with Gasteiger partial charge in [0.05, 0.1) is 10.9 Å². The highest BCUT2D eigenvalue weighted by Crippen LogP contribution is 2.18. The Hall–Kier alpha value is -2.13. The molecule has 2 aromatic heterocycles. The van der Waals surface area contributed by atoms with Crippen LogP contribution in [0, 0.1) is 6.92 Å². The van der Waals surface area contributed by atoms with Gasteiger partial charge in [-0.25, -0.2) is 23.3 Å². The summed E-state index contributed by atoms with van der Waals surface area (Å²) >= 11 is 0. The van der Waals surface area contributed by atoms with Crippen molar-refractivity contribution in [2.45, 2.75) is 25.0 Å². The lowest BCUT2D eigenvalue weighted by molar-refractivity contribution is 0.200. The van der Waals surface area contributed by atoms with Crippen LogP contribution in [0.3, 0.4) is 0 Å². The summed E-state index contributed by atoms with van der Waals surface area (Å²) < 4.78 is 24.8. The molecule has 0 bridgehead atoms. The number of rotatable bonds is 2. The molecule has 0 aliphatic carbocycles. The van der Waals surface area contributed by atoms with Crippen molar-refractivity contribution < 1.29 is 13.2 Å². The summed E-state index contributed by atoms with van der Waals surface area (Å²) in [6.07, 6.45) is 6.37. The molecule has 2 amide bonds. The van der Waals surface area contributed by atoms with E-state index in [2.05, 4.69) is 10.3 Å². The average Bonchev–Trinajstić information content (AvgIpc) is 2.95. The van der Waals surface area contributed by atoms with Gasteiger partial charge in [-0.05, 0) is 31.4 Å². The van der Waals surface area contributed by atoms with Gasteiger partial charge in [0.1, 0.15) is 5.65 Å². The fourth-order valence-electron chi connectivity index (χ4n) is 2.87. The van der Waals surface area contributed by atoms with Gasteiger partial charge in [-0.15, -0.1) is 0 Å². The zero-order valence-electron chi connectivity index (χ0n) is 12.8. The molecule has 1 atom stereocenters. The Morgan fingerprint density at radius 3 is 3.00 bits per heavy atom. The summed E-state index contributed by atoms with van der Waals surface area (Å²) in [6.45, 7) is 2.55. The van der Waals surface area contributed by atoms with E-state index in [-0.39, 0.29) is 12.6 Å². The number of amides is 2. The predicted molar refractivity (Wildman–Crippen MR) is 86.6 cm³/mol. The van der Waals surface area contributed by atoms with Crippen LogP contribution in [-0.2, 0) is 10.0 Å². The van der Waals surface area contributed by atoms with Crippen molar-refractivity contribution in [3.8, 4) is 0 Å². The Morgan fingerprint density at radius 1 is 1.48 bits per heavy atom. The second-order valence-corrected chi connectivity index (χ2v) is 7.64. The number of fused-ring (bicyclic) bond motifs is 1. The second kappa shape index (κ2) is 5.82. The minimum atomic E-state index is -3.63. The number of hydrogen-bond donors (Lipinski definition) is 2. The quantitative estimate of drug-likeness (QED) is 0.849. The van der Waals surface area contributed by atoms with Crippen molar-refractivity contribution in [2.75, 3.05) is 18.4 Å². The van der Waals surface area contributed by atoms with E-state index in [0.717, 1.165) is 11.2 Å². The molecule has 1 fully saturated rings. The summed E-state index contributed by atoms with van der Waals surface area (Å²) in [5.41, 5.74) is 2.40. The lowest BCUT2D eigenvalue weighted by atomic mass is 10.1. The molecule has 0 spiro atoms. The van der Waals surface area contributed by atoms with Gasteiger partial charge in [-0.1, -0.05) is 0 Å². The largest absolute Gasteiger partial charge is 0.323 e. The predicted octanol–water partition coefficient (Wildman–Crippen LogP) is 0.928. The number of piperidine rings is 1. The number of nitrogens with zero attached hydrogens (tertiary/aromatic N) is 3. The SMILES string of the molecule is Cc1cc(NC(=O)N2CCCC(S(N)(=O)=O)C2)cn2ccnc12. The van der Waals surface area contributed by atoms with Gasteiger partial charge in [-0.2, -0.15) is 0 Å². The molecule has 1 aliphatic rings. The van der Waals surface area contributed by atoms with Crippen LogP contribution in [0.2, 0.25) is 0 Å². The van der Waals surface area contributed by atoms with Crippen molar-refractivity contribution in [3.05, 3.63) is 30.2 Å². The normalized spacial score (nSPS) is 19.0. The minimum Gasteiger partial charge on any atom is -0.323 e. The van der Waals surface area contributed by atoms with Crippen LogP contribution in [0.25, 0.3) is 5.65 Å². The molecule has 124 valence electrons. The van der Waals surface area contributed by atoms with Crippen LogP contribution >= 0.6 is 0 Å². The molecule has 23 heavy (non-hydrogen) atoms. The van der Waals surface area contributed by atoms with Crippen LogP contribution in [0.15, 0.2) is 24.7 Å². The highest BCUT2D eigenvalue weighted by atomic mass is 32.2. The van der Waals surface area contributed by atoms with Gasteiger partial charge < -0.3 is 14.6 Å². The number of sulfonamides is 1. The van der Waals surface area contributed by atoms with Crippen LogP contribution in [0.4, 0.5) is 10.5 Å². The van der Waals surface area contributed by atoms with Crippen LogP contribution in [0.5, 0.6) is 0 Å². The number of nitrogens with two attached hydrogens (primary N) is 1. The standard InChI is InChI=1S/C14H19N5O3S/c1-10-7-11(8-18-6-4-16-13(10)18)17-14(20)19-5-2-3-12(9-19)23(15,21)22/h4,6-8,12H,2-3,5,9H2,1H3,(H,17,20)(H2,15,21,22). The first-order valence-corrected chi connectivity index (χ1v) is 8.96. The number of hydrogen-bond acceptors (Lipinski definition) is 4. The highest BCUT2D eigenvalue weighted by Gasteiger charge is 2.30. The average molecular weight is 337 g/mol. The number of aromatic nitrogens is 2. The Labute approximate surface area is 134 Å². The van der Waals surface area contributed by atoms with E-state index in [1.807, 2.05) is 17.4 Å². The maximum atomic E-state index is 12.4. The van der Waals surface area contributed by atoms with E-state index < -0.39 is 15.3 Å². The molecule has 0 saturated carbocycles. The van der Waals surface area contributed by atoms with Crippen LogP contribution in [0.1, 0.15) is 18.4 Å². The third kappa shape index (κ3) is 3.30. The van der Waals surface area contributed by atoms with Crippen molar-refractivity contribution in [1.82, 2.24) is 14.3 Å². The summed E-state index contributed by atoms with van der Waals surface area (Å²) in [7, 11) is -3.63. The first kappa shape index (κ1) is 15.8. The third-order valence-electron chi connectivity index (χ3n) is 4.05. The Bertz CT molecular complexity index is 845. The summed E-state index contributed by atoms with van der Waals surface area (Å²) in [4.78, 5) is 18.1. The maximum absolute atomic E-state index is 12.4. The van der Waals surface area contributed by atoms with Crippen LogP contribution in [-0.4, -0.2) is 47.1 Å². The fraction of sp³-hybridized carbons (Fsp3) is 0.429. The van der Waals surface area contributed by atoms with E-state index in [1.165, 1.54) is 4.90 Å². The molecule has 3 N–H and O–H groups in total. The van der Waals surface area contributed by atoms with Gasteiger partial charge in [0.15, 0.2) is 0 Å². The van der Waals surface area contributed by atoms with E-state index in [1.54, 1.807) is 18.6 Å². The fourth-order valence-corrected chi connectivity index (χ4v) is 3.75. The second-order valence-electron chi connectivity index (χ2n) is 5.80. The van der Waals surface area contributed by atoms with Crippen molar-refractivity contribution >= 4 is 27.4 Å². The third-order valence-corrected chi connectivity index (χ3v) is 5.37. The molecule has 1 unspecified atom stereocenters. The van der Waals surface area contributed by atoms with Gasteiger partial charge in [0, 0.05) is 31.7 Å². The smallest absolute Gasteiger partial charge is 0.321 e. The number of imidazole rings is 1. The van der Waals surface area contributed by atoms with E-state index >= 15 is 0 Å². The number of likely N-dealkylation sites (tertiary alicyclic amines) is 1. The highest BCUT2D eigenvalue weighted by molar-refractivity contribution is 7.89. The van der Waals surface area contributed by atoms with Crippen molar-refractivity contribution in [3.63, 3.8) is 0 Å². The molecule has 1 aliphatic heterocycles. The number of carbonyl (C=O) groups excluding carboxylic acids is 1. The summed E-state index contributed by atoms with van der Waals surface area (Å²) in [6, 6.07) is 1.51. The molecule has 1 saturated heterocycles. The van der Waals surface area contributed by atoms with Crippen LogP contribution < -0.4 is 10.5 Å². The minimum absolute atomic E-state index is 0.122. The molecule has 3 heterocycles. The zero-order valence-corrected chi connectivity index (χ0v) is 13.6. The monoisotopic (exact) mass is 337 g/mol. The molecular formula is C14H19N5O3S. The van der Waals surface area contributed by atoms with E-state index in [9.17, 15) is 13.2 Å². The molecule has 3 rings (SSSR count). The van der Waals surface area contributed by atoms with Gasteiger partial charge in [0.25, 0.3) is 0 Å². The van der Waals surface area contributed by atoms with E-state index in [4.69, 9.17) is 5.14 Å². The van der Waals surface area contributed by atoms with Crippen molar-refractivity contribution in [2.24, 2.45) is 5.14 Å². The van der Waals surface area contributed by atoms with Gasteiger partial charge >= 0.3 is 6.03 Å². The van der Waals surface area contributed by atoms with E-state index in [0.29, 0.717) is 25.1 Å². The number of primary sulfonamides is 1. The topological polar surface area (TPSA) is 110 Å². The van der Waals surface area contributed by atoms with Gasteiger partial charge in [0.2, 0.25) is 10.0 Å². The molecule has 0 radical (unpaired) electrons. The Morgan fingerprint density at radius 2 is 2.26 bits per heavy atom. The summed E-state index contributed by atoms with van der Waals surface area (Å²) in [5.74, 6) is 0. The van der Waals surface area contributed by atoms with Crippen molar-refractivity contribution in [1.29, 1.82) is 0 Å². The lowest BCUT2D eigenvalue weighted by Crippen LogP contribution is -2.48. The number of aryl methyl sites for hydroxylation is 1. The maximum Gasteiger partial charge on any atom is 0.321 e. The Balaban J connectivity index is 1.75. The lowest BCUT2D eigenvalue weighted by Gasteiger charge is -2.31. The first-order valence-electron chi connectivity index (χ1n) is 7.35. The molecule has 8 nitrogen and oxygen atoms in total. The number of nitrogens with one attached hydrogen (secondary N) is 1. The number of carbonyl (C=O) groups is 1. The molecule has 0 aromatic carbocycles. The molecular weight excluding hydrogens is 318 g/mol. The number of urea groups is 1.